The summed E-state index contributed by atoms with van der Waals surface area (Å²) in [7, 11) is 0. The van der Waals surface area contributed by atoms with E-state index in [-0.39, 0.29) is 16.4 Å². The fourth-order valence-corrected chi connectivity index (χ4v) is 3.95. The lowest BCUT2D eigenvalue weighted by molar-refractivity contribution is 0.0707. The molecule has 5 nitrogen and oxygen atoms in total. The standard InChI is InChI=1S/C22H26N2O3/c1-21(2)9-10-22(3,4)18-12-13(6-8-17(18)21)16-11-14(19(23)25)5-7-15(16)20(26)24-27/h5-8,11-12,27H,9-10H2,1-4H3,(H2,23,25)(H,24,26). The summed E-state index contributed by atoms with van der Waals surface area (Å²) in [6.45, 7) is 8.95. The fraction of sp³-hybridized carbons (Fsp3) is 0.364. The maximum atomic E-state index is 12.1. The van der Waals surface area contributed by atoms with Gasteiger partial charge in [-0.2, -0.15) is 0 Å². The molecule has 27 heavy (non-hydrogen) atoms. The quantitative estimate of drug-likeness (QED) is 0.568. The molecule has 1 aliphatic rings. The Morgan fingerprint density at radius 2 is 1.59 bits per heavy atom. The Bertz CT molecular complexity index is 929. The molecule has 0 fully saturated rings. The third kappa shape index (κ3) is 3.35. The first kappa shape index (κ1) is 19.1. The minimum Gasteiger partial charge on any atom is -0.366 e. The van der Waals surface area contributed by atoms with Crippen LogP contribution in [0.3, 0.4) is 0 Å². The number of rotatable bonds is 3. The average molecular weight is 366 g/mol. The summed E-state index contributed by atoms with van der Waals surface area (Å²) in [5.41, 5.74) is 11.7. The van der Waals surface area contributed by atoms with Crippen molar-refractivity contribution in [2.45, 2.75) is 51.4 Å². The molecule has 1 aliphatic carbocycles. The Labute approximate surface area is 159 Å². The summed E-state index contributed by atoms with van der Waals surface area (Å²) in [6.07, 6.45) is 2.18. The second-order valence-electron chi connectivity index (χ2n) is 8.59. The van der Waals surface area contributed by atoms with Gasteiger partial charge in [0.05, 0.1) is 0 Å². The zero-order valence-electron chi connectivity index (χ0n) is 16.2. The highest BCUT2D eigenvalue weighted by atomic mass is 16.5. The van der Waals surface area contributed by atoms with Crippen molar-refractivity contribution in [3.8, 4) is 11.1 Å². The molecule has 0 bridgehead atoms. The molecule has 2 aromatic carbocycles. The molecular formula is C22H26N2O3. The van der Waals surface area contributed by atoms with Crippen LogP contribution in [0.2, 0.25) is 0 Å². The Balaban J connectivity index is 2.24. The normalized spacial score (nSPS) is 17.1. The van der Waals surface area contributed by atoms with Crippen LogP contribution in [-0.4, -0.2) is 17.0 Å². The highest BCUT2D eigenvalue weighted by molar-refractivity contribution is 6.03. The second-order valence-corrected chi connectivity index (χ2v) is 8.59. The van der Waals surface area contributed by atoms with Gasteiger partial charge in [-0.05, 0) is 64.1 Å². The van der Waals surface area contributed by atoms with Gasteiger partial charge in [0.2, 0.25) is 5.91 Å². The first-order valence-electron chi connectivity index (χ1n) is 9.10. The van der Waals surface area contributed by atoms with E-state index in [0.29, 0.717) is 11.1 Å². The summed E-state index contributed by atoms with van der Waals surface area (Å²) in [6, 6.07) is 10.8. The summed E-state index contributed by atoms with van der Waals surface area (Å²) in [4.78, 5) is 23.8. The number of hydroxylamine groups is 1. The first-order chi connectivity index (χ1) is 12.6. The predicted octanol–water partition coefficient (Wildman–Crippen LogP) is 3.92. The highest BCUT2D eigenvalue weighted by Gasteiger charge is 2.37. The largest absolute Gasteiger partial charge is 0.366 e. The van der Waals surface area contributed by atoms with Crippen molar-refractivity contribution in [3.05, 3.63) is 58.7 Å². The average Bonchev–Trinajstić information content (AvgIpc) is 2.64. The van der Waals surface area contributed by atoms with Gasteiger partial charge in [-0.25, -0.2) is 5.48 Å². The van der Waals surface area contributed by atoms with E-state index in [0.717, 1.165) is 18.4 Å². The van der Waals surface area contributed by atoms with Crippen LogP contribution in [0.25, 0.3) is 11.1 Å². The Morgan fingerprint density at radius 1 is 0.963 bits per heavy atom. The summed E-state index contributed by atoms with van der Waals surface area (Å²) >= 11 is 0. The summed E-state index contributed by atoms with van der Waals surface area (Å²) in [5.74, 6) is -1.19. The van der Waals surface area contributed by atoms with Crippen LogP contribution in [0, 0.1) is 0 Å². The fourth-order valence-electron chi connectivity index (χ4n) is 3.95. The van der Waals surface area contributed by atoms with Gasteiger partial charge in [-0.1, -0.05) is 45.9 Å². The molecule has 0 heterocycles. The smallest absolute Gasteiger partial charge is 0.275 e. The predicted molar refractivity (Wildman–Crippen MR) is 105 cm³/mol. The van der Waals surface area contributed by atoms with Gasteiger partial charge in [0, 0.05) is 11.1 Å². The van der Waals surface area contributed by atoms with E-state index in [9.17, 15) is 9.59 Å². The van der Waals surface area contributed by atoms with Gasteiger partial charge in [0.25, 0.3) is 5.91 Å². The van der Waals surface area contributed by atoms with Crippen LogP contribution in [0.15, 0.2) is 36.4 Å². The lowest BCUT2D eigenvalue weighted by atomic mass is 9.63. The SMILES string of the molecule is CC1(C)CCC(C)(C)c2cc(-c3cc(C(N)=O)ccc3C(=O)NO)ccc21. The molecule has 5 heteroatoms. The maximum Gasteiger partial charge on any atom is 0.275 e. The van der Waals surface area contributed by atoms with Gasteiger partial charge in [0.1, 0.15) is 0 Å². The molecule has 3 rings (SSSR count). The van der Waals surface area contributed by atoms with Crippen LogP contribution >= 0.6 is 0 Å². The number of primary amides is 1. The number of fused-ring (bicyclic) bond motifs is 1. The highest BCUT2D eigenvalue weighted by Crippen LogP contribution is 2.47. The van der Waals surface area contributed by atoms with Gasteiger partial charge < -0.3 is 5.73 Å². The van der Waals surface area contributed by atoms with Crippen molar-refractivity contribution in [2.75, 3.05) is 0 Å². The molecule has 0 saturated carbocycles. The zero-order valence-corrected chi connectivity index (χ0v) is 16.2. The Morgan fingerprint density at radius 3 is 2.19 bits per heavy atom. The molecular weight excluding hydrogens is 340 g/mol. The van der Waals surface area contributed by atoms with Gasteiger partial charge in [0.15, 0.2) is 0 Å². The molecule has 2 aromatic rings. The maximum absolute atomic E-state index is 12.1. The summed E-state index contributed by atoms with van der Waals surface area (Å²) in [5, 5.41) is 9.09. The molecule has 0 atom stereocenters. The van der Waals surface area contributed by atoms with E-state index in [1.165, 1.54) is 23.3 Å². The lowest BCUT2D eigenvalue weighted by Crippen LogP contribution is -2.33. The zero-order chi connectivity index (χ0) is 20.0. The molecule has 0 aromatic heterocycles. The number of nitrogens with two attached hydrogens (primary N) is 1. The topological polar surface area (TPSA) is 92.4 Å². The van der Waals surface area contributed by atoms with Crippen molar-refractivity contribution in [3.63, 3.8) is 0 Å². The van der Waals surface area contributed by atoms with Gasteiger partial charge in [-0.3, -0.25) is 14.8 Å². The van der Waals surface area contributed by atoms with E-state index >= 15 is 0 Å². The first-order valence-corrected chi connectivity index (χ1v) is 9.10. The van der Waals surface area contributed by atoms with Crippen LogP contribution < -0.4 is 11.2 Å². The number of carbonyl (C=O) groups excluding carboxylic acids is 2. The van der Waals surface area contributed by atoms with Crippen molar-refractivity contribution >= 4 is 11.8 Å². The number of benzene rings is 2. The van der Waals surface area contributed by atoms with E-state index < -0.39 is 11.8 Å². The number of nitrogens with one attached hydrogen (secondary N) is 1. The van der Waals surface area contributed by atoms with Crippen molar-refractivity contribution in [2.24, 2.45) is 5.73 Å². The van der Waals surface area contributed by atoms with Crippen molar-refractivity contribution in [1.29, 1.82) is 0 Å². The molecule has 0 unspecified atom stereocenters. The van der Waals surface area contributed by atoms with Gasteiger partial charge >= 0.3 is 0 Å². The summed E-state index contributed by atoms with van der Waals surface area (Å²) < 4.78 is 0. The monoisotopic (exact) mass is 366 g/mol. The number of hydrogen-bond acceptors (Lipinski definition) is 3. The van der Waals surface area contributed by atoms with E-state index in [1.807, 2.05) is 6.07 Å². The van der Waals surface area contributed by atoms with Crippen LogP contribution in [0.4, 0.5) is 0 Å². The van der Waals surface area contributed by atoms with E-state index in [1.54, 1.807) is 11.5 Å². The van der Waals surface area contributed by atoms with Crippen molar-refractivity contribution in [1.82, 2.24) is 5.48 Å². The molecule has 0 spiro atoms. The number of hydrogen-bond donors (Lipinski definition) is 3. The molecule has 0 aliphatic heterocycles. The van der Waals surface area contributed by atoms with Crippen LogP contribution in [0.1, 0.15) is 72.4 Å². The van der Waals surface area contributed by atoms with Crippen LogP contribution in [-0.2, 0) is 10.8 Å². The van der Waals surface area contributed by atoms with Crippen molar-refractivity contribution < 1.29 is 14.8 Å². The van der Waals surface area contributed by atoms with E-state index in [2.05, 4.69) is 39.8 Å². The third-order valence-corrected chi connectivity index (χ3v) is 5.81. The molecule has 4 N–H and O–H groups in total. The molecule has 142 valence electrons. The minimum absolute atomic E-state index is 0.0154. The minimum atomic E-state index is -0.627. The molecule has 0 saturated heterocycles. The Kier molecular flexibility index (Phi) is 4.60. The van der Waals surface area contributed by atoms with Crippen LogP contribution in [0.5, 0.6) is 0 Å². The molecule has 0 radical (unpaired) electrons. The second kappa shape index (κ2) is 6.50. The number of carbonyl (C=O) groups is 2. The third-order valence-electron chi connectivity index (χ3n) is 5.81. The van der Waals surface area contributed by atoms with Gasteiger partial charge in [-0.15, -0.1) is 0 Å². The Hall–Kier alpha value is -2.66. The number of amides is 2. The lowest BCUT2D eigenvalue weighted by Gasteiger charge is -2.42. The van der Waals surface area contributed by atoms with E-state index in [4.69, 9.17) is 10.9 Å². The molecule has 2 amide bonds.